The van der Waals surface area contributed by atoms with Crippen molar-refractivity contribution < 1.29 is 47.8 Å². The summed E-state index contributed by atoms with van der Waals surface area (Å²) in [6.07, 6.45) is -0.533. The van der Waals surface area contributed by atoms with E-state index >= 15 is 0 Å². The van der Waals surface area contributed by atoms with E-state index in [0.717, 1.165) is 4.90 Å². The van der Waals surface area contributed by atoms with Gasteiger partial charge in [-0.1, -0.05) is 30.3 Å². The molecular weight excluding hydrogens is 775 g/mol. The molecule has 6 atom stereocenters. The third-order valence-electron chi connectivity index (χ3n) is 10.9. The fourth-order valence-corrected chi connectivity index (χ4v) is 7.21. The lowest BCUT2D eigenvalue weighted by molar-refractivity contribution is -0.149. The first-order valence-electron chi connectivity index (χ1n) is 19.6. The summed E-state index contributed by atoms with van der Waals surface area (Å²) >= 11 is 0. The van der Waals surface area contributed by atoms with Gasteiger partial charge in [0.25, 0.3) is 0 Å². The summed E-state index contributed by atoms with van der Waals surface area (Å²) in [5.74, 6) is -2.97. The van der Waals surface area contributed by atoms with Gasteiger partial charge in [-0.15, -0.1) is 0 Å². The molecule has 3 aromatic rings. The molecular formula is C43H53N7O10. The number of amides is 7. The summed E-state index contributed by atoms with van der Waals surface area (Å²) in [6, 6.07) is 11.5. The standard InChI is InChI=1S/C43H53N7O10/c1-24-38(52)47-31(17-19-37(44)51)42(56)48(3)32(20-26-8-13-29(58-6)14-9-26)40(54)46-25(2)41(55)50(5)34-21-27-10-15-30(16-11-27)60-36-23-28(12-18-35(36)59-7)22-33(39(53)45-24)49(4)43(34)57/h8-16,18,23-25,31-34H,17,19-22H2,1-7H3,(H2,44,51)(H,45,53)(H,46,54)(H,47,52)/t24-,25+,31+,32+,33+,34+/m1/s1. The first kappa shape index (κ1) is 44.5. The maximum atomic E-state index is 14.7. The normalized spacial score (nSPS) is 23.4. The molecule has 0 saturated carbocycles. The summed E-state index contributed by atoms with van der Waals surface area (Å²) in [5.41, 5.74) is 7.35. The van der Waals surface area contributed by atoms with Gasteiger partial charge in [0.2, 0.25) is 41.4 Å². The van der Waals surface area contributed by atoms with Crippen molar-refractivity contribution in [2.45, 2.75) is 82.2 Å². The van der Waals surface area contributed by atoms with Crippen LogP contribution in [0.4, 0.5) is 0 Å². The number of rotatable bonds is 7. The van der Waals surface area contributed by atoms with Gasteiger partial charge in [-0.05, 0) is 73.4 Å². The number of fused-ring (bicyclic) bond motifs is 2. The number of methoxy groups -OCH3 is 2. The van der Waals surface area contributed by atoms with Gasteiger partial charge in [-0.2, -0.15) is 0 Å². The van der Waals surface area contributed by atoms with E-state index in [1.807, 2.05) is 0 Å². The van der Waals surface area contributed by atoms with Gasteiger partial charge in [0.1, 0.15) is 47.8 Å². The van der Waals surface area contributed by atoms with Crippen LogP contribution in [0.2, 0.25) is 0 Å². The van der Waals surface area contributed by atoms with Gasteiger partial charge in [0, 0.05) is 46.8 Å². The Kier molecular flexibility index (Phi) is 14.4. The number of nitrogens with one attached hydrogen (secondary N) is 3. The molecule has 0 unspecified atom stereocenters. The average molecular weight is 828 g/mol. The highest BCUT2D eigenvalue weighted by Crippen LogP contribution is 2.34. The van der Waals surface area contributed by atoms with Crippen molar-refractivity contribution in [1.29, 1.82) is 0 Å². The second-order valence-corrected chi connectivity index (χ2v) is 15.1. The fraction of sp³-hybridized carbons (Fsp3) is 0.419. The number of likely N-dealkylation sites (N-methyl/N-ethyl adjacent to an activating group) is 3. The molecule has 0 radical (unpaired) electrons. The lowest BCUT2D eigenvalue weighted by Crippen LogP contribution is -2.62. The Morgan fingerprint density at radius 3 is 1.95 bits per heavy atom. The highest BCUT2D eigenvalue weighted by Gasteiger charge is 2.40. The van der Waals surface area contributed by atoms with Crippen LogP contribution in [0.25, 0.3) is 0 Å². The molecule has 3 heterocycles. The highest BCUT2D eigenvalue weighted by molar-refractivity contribution is 5.98. The Labute approximate surface area is 348 Å². The zero-order chi connectivity index (χ0) is 43.8. The molecule has 0 aromatic heterocycles. The summed E-state index contributed by atoms with van der Waals surface area (Å²) < 4.78 is 17.0. The molecule has 17 nitrogen and oxygen atoms in total. The molecule has 17 heteroatoms. The third kappa shape index (κ3) is 10.5. The van der Waals surface area contributed by atoms with Gasteiger partial charge >= 0.3 is 0 Å². The monoisotopic (exact) mass is 827 g/mol. The van der Waals surface area contributed by atoms with Crippen molar-refractivity contribution >= 4 is 41.4 Å². The molecule has 7 amide bonds. The van der Waals surface area contributed by atoms with Gasteiger partial charge < -0.3 is 50.6 Å². The van der Waals surface area contributed by atoms with Gasteiger partial charge in [-0.3, -0.25) is 33.6 Å². The minimum atomic E-state index is -1.35. The van der Waals surface area contributed by atoms with Crippen LogP contribution >= 0.6 is 0 Å². The van der Waals surface area contributed by atoms with Gasteiger partial charge in [0.15, 0.2) is 11.5 Å². The molecule has 3 aromatic carbocycles. The molecule has 320 valence electrons. The van der Waals surface area contributed by atoms with Crippen molar-refractivity contribution in [3.8, 4) is 23.0 Å². The van der Waals surface area contributed by atoms with E-state index in [1.54, 1.807) is 66.7 Å². The summed E-state index contributed by atoms with van der Waals surface area (Å²) in [5, 5.41) is 8.08. The molecule has 3 aliphatic rings. The van der Waals surface area contributed by atoms with Crippen molar-refractivity contribution in [2.75, 3.05) is 35.4 Å². The number of benzene rings is 3. The highest BCUT2D eigenvalue weighted by atomic mass is 16.5. The van der Waals surface area contributed by atoms with Crippen molar-refractivity contribution in [2.24, 2.45) is 5.73 Å². The summed E-state index contributed by atoms with van der Waals surface area (Å²) in [6.45, 7) is 2.88. The van der Waals surface area contributed by atoms with Crippen LogP contribution < -0.4 is 35.9 Å². The summed E-state index contributed by atoms with van der Waals surface area (Å²) in [7, 11) is 7.28. The topological polar surface area (TPSA) is 219 Å². The SMILES string of the molecule is COc1ccc(C[C@H]2C(=O)N[C@@H](C)C(=O)N(C)[C@H]3Cc4ccc(cc4)Oc4cc(ccc4OC)C[C@@H](C(=O)N[C@H](C)C(=O)N[C@@H](CCC(N)=O)C(=O)N2C)N(C)C3=O)cc1. The number of hydrogen-bond acceptors (Lipinski definition) is 10. The van der Waals surface area contributed by atoms with E-state index in [0.29, 0.717) is 39.7 Å². The quantitative estimate of drug-likeness (QED) is 0.266. The largest absolute Gasteiger partial charge is 0.497 e. The lowest BCUT2D eigenvalue weighted by atomic mass is 9.98. The zero-order valence-electron chi connectivity index (χ0n) is 34.9. The van der Waals surface area contributed by atoms with Gasteiger partial charge in [-0.25, -0.2) is 0 Å². The minimum absolute atomic E-state index is 0.0134. The molecule has 3 aliphatic heterocycles. The van der Waals surface area contributed by atoms with E-state index in [1.165, 1.54) is 59.0 Å². The first-order valence-corrected chi connectivity index (χ1v) is 19.6. The van der Waals surface area contributed by atoms with Crippen LogP contribution in [-0.2, 0) is 52.8 Å². The predicted octanol–water partition coefficient (Wildman–Crippen LogP) is 1.09. The molecule has 5 N–H and O–H groups in total. The van der Waals surface area contributed by atoms with E-state index < -0.39 is 77.6 Å². The first-order chi connectivity index (χ1) is 28.5. The molecule has 1 fully saturated rings. The number of carbonyl (C=O) groups excluding carboxylic acids is 7. The maximum absolute atomic E-state index is 14.7. The molecule has 6 rings (SSSR count). The van der Waals surface area contributed by atoms with Crippen LogP contribution in [0, 0.1) is 0 Å². The van der Waals surface area contributed by atoms with E-state index in [4.69, 9.17) is 19.9 Å². The van der Waals surface area contributed by atoms with Crippen LogP contribution in [0.5, 0.6) is 23.0 Å². The Morgan fingerprint density at radius 2 is 1.32 bits per heavy atom. The van der Waals surface area contributed by atoms with Crippen LogP contribution in [0.15, 0.2) is 66.7 Å². The predicted molar refractivity (Wildman–Crippen MR) is 219 cm³/mol. The fourth-order valence-electron chi connectivity index (χ4n) is 7.21. The Hall–Kier alpha value is -6.65. The molecule has 6 bridgehead atoms. The number of hydrogen-bond donors (Lipinski definition) is 4. The number of primary amides is 1. The van der Waals surface area contributed by atoms with Gasteiger partial charge in [0.05, 0.1) is 14.2 Å². The van der Waals surface area contributed by atoms with Crippen LogP contribution in [-0.4, -0.2) is 128 Å². The third-order valence-corrected chi connectivity index (χ3v) is 10.9. The smallest absolute Gasteiger partial charge is 0.246 e. The zero-order valence-corrected chi connectivity index (χ0v) is 34.9. The Morgan fingerprint density at radius 1 is 0.700 bits per heavy atom. The second-order valence-electron chi connectivity index (χ2n) is 15.1. The van der Waals surface area contributed by atoms with Crippen molar-refractivity contribution in [3.05, 3.63) is 83.4 Å². The lowest BCUT2D eigenvalue weighted by Gasteiger charge is -2.37. The number of nitrogens with zero attached hydrogens (tertiary/aromatic N) is 3. The molecule has 1 saturated heterocycles. The molecule has 0 aliphatic carbocycles. The van der Waals surface area contributed by atoms with Crippen LogP contribution in [0.1, 0.15) is 43.4 Å². The molecule has 0 spiro atoms. The average Bonchev–Trinajstić information content (AvgIpc) is 3.23. The van der Waals surface area contributed by atoms with E-state index in [9.17, 15) is 33.6 Å². The molecule has 60 heavy (non-hydrogen) atoms. The van der Waals surface area contributed by atoms with E-state index in [-0.39, 0.29) is 32.1 Å². The number of ether oxygens (including phenoxy) is 3. The maximum Gasteiger partial charge on any atom is 0.246 e. The number of nitrogens with two attached hydrogens (primary N) is 1. The second kappa shape index (κ2) is 19.4. The van der Waals surface area contributed by atoms with Crippen molar-refractivity contribution in [1.82, 2.24) is 30.7 Å². The minimum Gasteiger partial charge on any atom is -0.497 e. The van der Waals surface area contributed by atoms with Crippen molar-refractivity contribution in [3.63, 3.8) is 0 Å². The summed E-state index contributed by atoms with van der Waals surface area (Å²) in [4.78, 5) is 101. The Balaban J connectivity index is 1.61. The van der Waals surface area contributed by atoms with Crippen LogP contribution in [0.3, 0.4) is 0 Å². The Bertz CT molecular complexity index is 2090. The van der Waals surface area contributed by atoms with E-state index in [2.05, 4.69) is 16.0 Å². The number of carbonyl (C=O) groups is 7.